The lowest BCUT2D eigenvalue weighted by atomic mass is 9.95. The Hall–Kier alpha value is -1.10. The summed E-state index contributed by atoms with van der Waals surface area (Å²) in [5, 5.41) is 11.5. The number of hydrogen-bond donors (Lipinski definition) is 3. The standard InChI is InChI=1S/C9H16N2O3/c10-4-5-11-8(12)6-2-1-3-7(6)9(13)14/h6-7H,1-5,10H2,(H,11,12)(H,13,14)/t6-,7+/m1/s1. The van der Waals surface area contributed by atoms with Gasteiger partial charge >= 0.3 is 5.97 Å². The molecule has 0 heterocycles. The fourth-order valence-electron chi connectivity index (χ4n) is 1.90. The molecule has 0 bridgehead atoms. The fourth-order valence-corrected chi connectivity index (χ4v) is 1.90. The van der Waals surface area contributed by atoms with E-state index in [0.29, 0.717) is 25.9 Å². The first-order valence-corrected chi connectivity index (χ1v) is 4.87. The molecule has 0 aromatic heterocycles. The van der Waals surface area contributed by atoms with Crippen LogP contribution in [0.3, 0.4) is 0 Å². The second-order valence-corrected chi connectivity index (χ2v) is 3.56. The van der Waals surface area contributed by atoms with Gasteiger partial charge in [0.1, 0.15) is 0 Å². The molecule has 80 valence electrons. The summed E-state index contributed by atoms with van der Waals surface area (Å²) in [7, 11) is 0. The molecule has 5 nitrogen and oxygen atoms in total. The number of rotatable bonds is 4. The van der Waals surface area contributed by atoms with Gasteiger partial charge in [0.25, 0.3) is 0 Å². The molecule has 14 heavy (non-hydrogen) atoms. The average Bonchev–Trinajstić information content (AvgIpc) is 2.62. The second kappa shape index (κ2) is 4.95. The van der Waals surface area contributed by atoms with Crippen LogP contribution in [0, 0.1) is 11.8 Å². The number of amides is 1. The van der Waals surface area contributed by atoms with E-state index in [4.69, 9.17) is 10.8 Å². The van der Waals surface area contributed by atoms with Crippen LogP contribution >= 0.6 is 0 Å². The Morgan fingerprint density at radius 3 is 2.57 bits per heavy atom. The summed E-state index contributed by atoms with van der Waals surface area (Å²) in [6, 6.07) is 0. The van der Waals surface area contributed by atoms with Gasteiger partial charge in [-0.05, 0) is 12.8 Å². The van der Waals surface area contributed by atoms with Crippen molar-refractivity contribution in [3.63, 3.8) is 0 Å². The maximum atomic E-state index is 11.5. The van der Waals surface area contributed by atoms with Gasteiger partial charge in [0, 0.05) is 13.1 Å². The van der Waals surface area contributed by atoms with E-state index < -0.39 is 11.9 Å². The van der Waals surface area contributed by atoms with Crippen LogP contribution < -0.4 is 11.1 Å². The molecule has 1 saturated carbocycles. The number of hydrogen-bond acceptors (Lipinski definition) is 3. The van der Waals surface area contributed by atoms with Crippen LogP contribution in [0.1, 0.15) is 19.3 Å². The van der Waals surface area contributed by atoms with Crippen molar-refractivity contribution in [2.45, 2.75) is 19.3 Å². The van der Waals surface area contributed by atoms with Crippen LogP contribution in [0.15, 0.2) is 0 Å². The third kappa shape index (κ3) is 2.45. The van der Waals surface area contributed by atoms with E-state index in [-0.39, 0.29) is 11.8 Å². The highest BCUT2D eigenvalue weighted by molar-refractivity contribution is 5.85. The molecule has 0 aliphatic heterocycles. The van der Waals surface area contributed by atoms with E-state index in [1.807, 2.05) is 0 Å². The van der Waals surface area contributed by atoms with E-state index in [2.05, 4.69) is 5.32 Å². The van der Waals surface area contributed by atoms with Gasteiger partial charge in [0.05, 0.1) is 11.8 Å². The van der Waals surface area contributed by atoms with E-state index in [1.165, 1.54) is 0 Å². The smallest absolute Gasteiger partial charge is 0.307 e. The summed E-state index contributed by atoms with van der Waals surface area (Å²) in [6.45, 7) is 0.803. The van der Waals surface area contributed by atoms with Crippen LogP contribution in [0.4, 0.5) is 0 Å². The predicted octanol–water partition coefficient (Wildman–Crippen LogP) is -0.438. The van der Waals surface area contributed by atoms with E-state index >= 15 is 0 Å². The highest BCUT2D eigenvalue weighted by Crippen LogP contribution is 2.31. The number of aliphatic carboxylic acids is 1. The van der Waals surface area contributed by atoms with Crippen LogP contribution in [-0.2, 0) is 9.59 Å². The number of carbonyl (C=O) groups excluding carboxylic acids is 1. The van der Waals surface area contributed by atoms with Crippen LogP contribution in [0.25, 0.3) is 0 Å². The summed E-state index contributed by atoms with van der Waals surface area (Å²) >= 11 is 0. The van der Waals surface area contributed by atoms with Crippen molar-refractivity contribution in [2.24, 2.45) is 17.6 Å². The zero-order valence-corrected chi connectivity index (χ0v) is 8.03. The SMILES string of the molecule is NCCNC(=O)[C@@H]1CCC[C@@H]1C(=O)O. The van der Waals surface area contributed by atoms with Crippen molar-refractivity contribution in [2.75, 3.05) is 13.1 Å². The minimum Gasteiger partial charge on any atom is -0.481 e. The quantitative estimate of drug-likeness (QED) is 0.573. The van der Waals surface area contributed by atoms with Gasteiger partial charge in [-0.1, -0.05) is 6.42 Å². The number of carboxylic acids is 1. The van der Waals surface area contributed by atoms with Gasteiger partial charge in [0.15, 0.2) is 0 Å². The van der Waals surface area contributed by atoms with Gasteiger partial charge in [0.2, 0.25) is 5.91 Å². The van der Waals surface area contributed by atoms with Crippen molar-refractivity contribution < 1.29 is 14.7 Å². The number of carbonyl (C=O) groups is 2. The van der Waals surface area contributed by atoms with E-state index in [1.54, 1.807) is 0 Å². The Balaban J connectivity index is 2.49. The van der Waals surface area contributed by atoms with Gasteiger partial charge in [-0.2, -0.15) is 0 Å². The topological polar surface area (TPSA) is 92.4 Å². The molecular formula is C9H16N2O3. The molecule has 4 N–H and O–H groups in total. The number of carboxylic acid groups (broad SMARTS) is 1. The van der Waals surface area contributed by atoms with Crippen molar-refractivity contribution in [3.05, 3.63) is 0 Å². The lowest BCUT2D eigenvalue weighted by Crippen LogP contribution is -2.37. The molecule has 0 radical (unpaired) electrons. The Kier molecular flexibility index (Phi) is 3.88. The Bertz CT molecular complexity index is 230. The lowest BCUT2D eigenvalue weighted by Gasteiger charge is -2.14. The monoisotopic (exact) mass is 200 g/mol. The highest BCUT2D eigenvalue weighted by atomic mass is 16.4. The molecule has 0 aromatic rings. The van der Waals surface area contributed by atoms with Crippen molar-refractivity contribution in [1.29, 1.82) is 0 Å². The maximum absolute atomic E-state index is 11.5. The number of nitrogens with one attached hydrogen (secondary N) is 1. The molecule has 0 saturated heterocycles. The molecule has 1 fully saturated rings. The third-order valence-electron chi connectivity index (χ3n) is 2.61. The summed E-state index contributed by atoms with van der Waals surface area (Å²) in [6.07, 6.45) is 2.10. The van der Waals surface area contributed by atoms with Crippen LogP contribution in [0.2, 0.25) is 0 Å². The van der Waals surface area contributed by atoms with Crippen molar-refractivity contribution >= 4 is 11.9 Å². The molecule has 0 aromatic carbocycles. The molecule has 1 rings (SSSR count). The summed E-state index contributed by atoms with van der Waals surface area (Å²) in [5.41, 5.74) is 5.24. The summed E-state index contributed by atoms with van der Waals surface area (Å²) < 4.78 is 0. The molecule has 1 amide bonds. The zero-order chi connectivity index (χ0) is 10.6. The largest absolute Gasteiger partial charge is 0.481 e. The predicted molar refractivity (Wildman–Crippen MR) is 50.5 cm³/mol. The zero-order valence-electron chi connectivity index (χ0n) is 8.03. The van der Waals surface area contributed by atoms with Crippen molar-refractivity contribution in [3.8, 4) is 0 Å². The van der Waals surface area contributed by atoms with E-state index in [9.17, 15) is 9.59 Å². The number of nitrogens with two attached hydrogens (primary N) is 1. The van der Waals surface area contributed by atoms with Gasteiger partial charge in [-0.15, -0.1) is 0 Å². The Morgan fingerprint density at radius 2 is 2.00 bits per heavy atom. The first-order chi connectivity index (χ1) is 6.66. The molecular weight excluding hydrogens is 184 g/mol. The molecule has 2 atom stereocenters. The first kappa shape index (κ1) is 11.0. The Labute approximate surface area is 82.7 Å². The molecule has 0 unspecified atom stereocenters. The fraction of sp³-hybridized carbons (Fsp3) is 0.778. The molecule has 1 aliphatic rings. The first-order valence-electron chi connectivity index (χ1n) is 4.87. The van der Waals surface area contributed by atoms with Gasteiger partial charge in [-0.25, -0.2) is 0 Å². The highest BCUT2D eigenvalue weighted by Gasteiger charge is 2.37. The third-order valence-corrected chi connectivity index (χ3v) is 2.61. The second-order valence-electron chi connectivity index (χ2n) is 3.56. The van der Waals surface area contributed by atoms with Crippen molar-refractivity contribution in [1.82, 2.24) is 5.32 Å². The normalized spacial score (nSPS) is 26.1. The van der Waals surface area contributed by atoms with Gasteiger partial charge < -0.3 is 16.2 Å². The minimum atomic E-state index is -0.865. The summed E-state index contributed by atoms with van der Waals surface area (Å²) in [4.78, 5) is 22.3. The average molecular weight is 200 g/mol. The summed E-state index contributed by atoms with van der Waals surface area (Å²) in [5.74, 6) is -1.90. The molecule has 5 heteroatoms. The van der Waals surface area contributed by atoms with Crippen LogP contribution in [-0.4, -0.2) is 30.1 Å². The minimum absolute atomic E-state index is 0.166. The molecule has 1 aliphatic carbocycles. The maximum Gasteiger partial charge on any atom is 0.307 e. The van der Waals surface area contributed by atoms with Gasteiger partial charge in [-0.3, -0.25) is 9.59 Å². The lowest BCUT2D eigenvalue weighted by molar-refractivity contribution is -0.146. The van der Waals surface area contributed by atoms with Crippen LogP contribution in [0.5, 0.6) is 0 Å². The molecule has 0 spiro atoms. The van der Waals surface area contributed by atoms with E-state index in [0.717, 1.165) is 6.42 Å². The Morgan fingerprint density at radius 1 is 1.36 bits per heavy atom.